The summed E-state index contributed by atoms with van der Waals surface area (Å²) in [6.07, 6.45) is 11.1. The molecule has 16 heavy (non-hydrogen) atoms. The molecule has 0 heterocycles. The van der Waals surface area contributed by atoms with E-state index in [4.69, 9.17) is 4.79 Å². The van der Waals surface area contributed by atoms with Gasteiger partial charge in [0.15, 0.2) is 0 Å². The highest BCUT2D eigenvalue weighted by Crippen LogP contribution is 2.15. The number of aldehydes is 1. The number of hydrogen-bond acceptors (Lipinski definition) is 1. The van der Waals surface area contributed by atoms with Gasteiger partial charge in [-0.2, -0.15) is 0 Å². The van der Waals surface area contributed by atoms with Crippen molar-refractivity contribution in [2.75, 3.05) is 0 Å². The van der Waals surface area contributed by atoms with Crippen molar-refractivity contribution in [3.05, 3.63) is 0 Å². The zero-order valence-electron chi connectivity index (χ0n) is 12.5. The van der Waals surface area contributed by atoms with Gasteiger partial charge in [0, 0.05) is 0 Å². The van der Waals surface area contributed by atoms with E-state index in [1.54, 1.807) is 0 Å². The molecule has 0 aromatic carbocycles. The van der Waals surface area contributed by atoms with Crippen LogP contribution in [0.4, 0.5) is 0 Å². The summed E-state index contributed by atoms with van der Waals surface area (Å²) in [5.74, 6) is 0.884. The summed E-state index contributed by atoms with van der Waals surface area (Å²) in [5, 5.41) is 0. The van der Waals surface area contributed by atoms with E-state index in [0.29, 0.717) is 0 Å². The number of rotatable bonds is 1. The molecule has 1 aliphatic rings. The van der Waals surface area contributed by atoms with Gasteiger partial charge in [0.1, 0.15) is 6.29 Å². The van der Waals surface area contributed by atoms with Crippen LogP contribution >= 0.6 is 0 Å². The minimum Gasteiger partial charge on any atom is -0.304 e. The molecule has 0 bridgehead atoms. The van der Waals surface area contributed by atoms with Crippen molar-refractivity contribution >= 4 is 6.29 Å². The largest absolute Gasteiger partial charge is 0.304 e. The van der Waals surface area contributed by atoms with Crippen LogP contribution in [0.5, 0.6) is 0 Å². The van der Waals surface area contributed by atoms with Crippen LogP contribution in [0.15, 0.2) is 0 Å². The fourth-order valence-electron chi connectivity index (χ4n) is 1.06. The van der Waals surface area contributed by atoms with Crippen LogP contribution in [0.3, 0.4) is 0 Å². The van der Waals surface area contributed by atoms with Crippen molar-refractivity contribution in [1.82, 2.24) is 0 Å². The fourth-order valence-corrected chi connectivity index (χ4v) is 1.06. The van der Waals surface area contributed by atoms with Gasteiger partial charge in [0.05, 0.1) is 0 Å². The van der Waals surface area contributed by atoms with E-state index in [1.807, 2.05) is 13.8 Å². The highest BCUT2D eigenvalue weighted by atomic mass is 16.1. The molecule has 0 unspecified atom stereocenters. The van der Waals surface area contributed by atoms with Gasteiger partial charge in [0.25, 0.3) is 0 Å². The predicted molar refractivity (Wildman–Crippen MR) is 75.9 cm³/mol. The second kappa shape index (κ2) is 24.1. The molecule has 0 aromatic heterocycles. The normalized spacial score (nSPS) is 13.2. The Balaban J connectivity index is -0.000000155. The molecule has 1 aliphatic carbocycles. The van der Waals surface area contributed by atoms with E-state index in [0.717, 1.165) is 12.2 Å². The van der Waals surface area contributed by atoms with E-state index < -0.39 is 0 Å². The third-order valence-electron chi connectivity index (χ3n) is 2.32. The quantitative estimate of drug-likeness (QED) is 0.534. The first-order valence-electron chi connectivity index (χ1n) is 7.08. The minimum absolute atomic E-state index is 0.750. The van der Waals surface area contributed by atoms with Gasteiger partial charge >= 0.3 is 0 Å². The molecular weight excluding hydrogens is 196 g/mol. The van der Waals surface area contributed by atoms with Gasteiger partial charge in [-0.1, -0.05) is 79.6 Å². The molecule has 1 saturated carbocycles. The predicted octanol–water partition coefficient (Wildman–Crippen LogP) is 5.62. The maximum Gasteiger partial charge on any atom is 0.116 e. The van der Waals surface area contributed by atoms with Crippen LogP contribution in [0.25, 0.3) is 0 Å². The second-order valence-corrected chi connectivity index (χ2v) is 4.16. The van der Waals surface area contributed by atoms with E-state index in [-0.39, 0.29) is 0 Å². The summed E-state index contributed by atoms with van der Waals surface area (Å²) in [6, 6.07) is 0. The van der Waals surface area contributed by atoms with Crippen molar-refractivity contribution in [3.63, 3.8) is 0 Å². The summed E-state index contributed by atoms with van der Waals surface area (Å²) in [5.41, 5.74) is 0. The summed E-state index contributed by atoms with van der Waals surface area (Å²) in [4.78, 5) is 8.81. The van der Waals surface area contributed by atoms with E-state index in [2.05, 4.69) is 20.8 Å². The third-order valence-corrected chi connectivity index (χ3v) is 2.32. The Kier molecular flexibility index (Phi) is 31.6. The highest BCUT2D eigenvalue weighted by molar-refractivity contribution is 5.44. The van der Waals surface area contributed by atoms with E-state index in [1.165, 1.54) is 51.9 Å². The number of carbonyl (C=O) groups is 1. The number of carbonyl (C=O) groups excluding carboxylic acids is 1. The lowest BCUT2D eigenvalue weighted by Gasteiger charge is -2.05. The zero-order valence-corrected chi connectivity index (χ0v) is 12.5. The molecule has 1 nitrogen and oxygen atoms in total. The zero-order chi connectivity index (χ0) is 13.2. The fraction of sp³-hybridized carbons (Fsp3) is 0.933. The van der Waals surface area contributed by atoms with Gasteiger partial charge in [-0.3, -0.25) is 0 Å². The van der Waals surface area contributed by atoms with E-state index in [9.17, 15) is 0 Å². The summed E-state index contributed by atoms with van der Waals surface area (Å²) >= 11 is 0. The molecule has 0 saturated heterocycles. The average molecular weight is 230 g/mol. The molecule has 1 rings (SSSR count). The molecule has 0 spiro atoms. The molecule has 1 heteroatoms. The van der Waals surface area contributed by atoms with Gasteiger partial charge in [-0.25, -0.2) is 0 Å². The van der Waals surface area contributed by atoms with Gasteiger partial charge in [-0.05, 0) is 12.8 Å². The van der Waals surface area contributed by atoms with Crippen LogP contribution in [0.2, 0.25) is 0 Å². The lowest BCUT2D eigenvalue weighted by Crippen LogP contribution is -1.85. The van der Waals surface area contributed by atoms with Gasteiger partial charge in [0.2, 0.25) is 0 Å². The van der Waals surface area contributed by atoms with Crippen LogP contribution in [-0.2, 0) is 4.79 Å². The molecule has 0 amide bonds. The second-order valence-electron chi connectivity index (χ2n) is 4.16. The molecule has 0 atom stereocenters. The minimum atomic E-state index is 0.750. The van der Waals surface area contributed by atoms with Crippen LogP contribution in [0, 0.1) is 5.92 Å². The first-order chi connectivity index (χ1) is 7.68. The average Bonchev–Trinajstić information content (AvgIpc) is 2.35. The smallest absolute Gasteiger partial charge is 0.116 e. The van der Waals surface area contributed by atoms with Crippen molar-refractivity contribution in [3.8, 4) is 0 Å². The van der Waals surface area contributed by atoms with Crippen LogP contribution in [-0.4, -0.2) is 6.29 Å². The van der Waals surface area contributed by atoms with E-state index >= 15 is 0 Å². The van der Waals surface area contributed by atoms with Crippen molar-refractivity contribution in [2.24, 2.45) is 5.92 Å². The highest BCUT2D eigenvalue weighted by Gasteiger charge is 1.95. The SMILES string of the molecule is C1CCCCC1.CC.CC=O.CCC(C)C. The van der Waals surface area contributed by atoms with Crippen molar-refractivity contribution in [1.29, 1.82) is 0 Å². The summed E-state index contributed by atoms with van der Waals surface area (Å²) < 4.78 is 0. The Morgan fingerprint density at radius 1 is 0.938 bits per heavy atom. The Hall–Kier alpha value is -0.330. The number of hydrogen-bond donors (Lipinski definition) is 0. The third kappa shape index (κ3) is 37.3. The standard InChI is InChI=1S/C6H12.C5H12.C2H4O.C2H6/c1-2-4-6-5-3-1;1-4-5(2)3;1-2-3;1-2/h1-6H2;5H,4H2,1-3H3;2H,1H3;1-2H3. The molecule has 1 fully saturated rings. The van der Waals surface area contributed by atoms with Crippen LogP contribution < -0.4 is 0 Å². The molecule has 100 valence electrons. The van der Waals surface area contributed by atoms with Gasteiger partial charge in [-0.15, -0.1) is 0 Å². The lowest BCUT2D eigenvalue weighted by molar-refractivity contribution is -0.106. The lowest BCUT2D eigenvalue weighted by atomic mass is 10.0. The molecule has 0 aromatic rings. The summed E-state index contributed by atoms with van der Waals surface area (Å²) in [6.45, 7) is 12.1. The Labute approximate surface area is 104 Å². The summed E-state index contributed by atoms with van der Waals surface area (Å²) in [7, 11) is 0. The van der Waals surface area contributed by atoms with Gasteiger partial charge < -0.3 is 4.79 Å². The molecular formula is C15H34O. The maximum atomic E-state index is 8.81. The van der Waals surface area contributed by atoms with Crippen molar-refractivity contribution in [2.45, 2.75) is 86.5 Å². The molecule has 0 radical (unpaired) electrons. The monoisotopic (exact) mass is 230 g/mol. The van der Waals surface area contributed by atoms with Crippen LogP contribution in [0.1, 0.15) is 86.5 Å². The maximum absolute atomic E-state index is 8.81. The Morgan fingerprint density at radius 2 is 1.06 bits per heavy atom. The Morgan fingerprint density at radius 3 is 1.12 bits per heavy atom. The molecule has 0 aliphatic heterocycles. The topological polar surface area (TPSA) is 17.1 Å². The Bertz CT molecular complexity index is 82.1. The van der Waals surface area contributed by atoms with Crippen molar-refractivity contribution < 1.29 is 4.79 Å². The first-order valence-corrected chi connectivity index (χ1v) is 7.08. The first kappa shape index (κ1) is 21.0. The molecule has 0 N–H and O–H groups in total.